The van der Waals surface area contributed by atoms with Crippen molar-refractivity contribution in [1.82, 2.24) is 5.32 Å². The summed E-state index contributed by atoms with van der Waals surface area (Å²) in [6.07, 6.45) is 0. The van der Waals surface area contributed by atoms with Gasteiger partial charge in [0.15, 0.2) is 0 Å². The molecule has 2 aromatic rings. The van der Waals surface area contributed by atoms with Crippen LogP contribution in [0.25, 0.3) is 0 Å². The van der Waals surface area contributed by atoms with Crippen molar-refractivity contribution in [3.05, 3.63) is 65.5 Å². The molecule has 0 spiro atoms. The number of benzene rings is 2. The Kier molecular flexibility index (Phi) is 8.22. The summed E-state index contributed by atoms with van der Waals surface area (Å²) in [7, 11) is 0. The molecule has 1 atom stereocenters. The van der Waals surface area contributed by atoms with Crippen molar-refractivity contribution >= 4 is 29.9 Å². The molecule has 140 valence electrons. The van der Waals surface area contributed by atoms with Crippen molar-refractivity contribution < 1.29 is 14.0 Å². The fourth-order valence-electron chi connectivity index (χ4n) is 2.12. The molecule has 0 aromatic heterocycles. The molecule has 0 aliphatic rings. The minimum atomic E-state index is -0.533. The zero-order chi connectivity index (χ0) is 18.4. The van der Waals surface area contributed by atoms with Crippen molar-refractivity contribution in [2.45, 2.75) is 26.4 Å². The highest BCUT2D eigenvalue weighted by atomic mass is 35.5. The number of carbonyl (C=O) groups excluding carboxylic acids is 2. The molecule has 0 unspecified atom stereocenters. The molecule has 0 aliphatic carbocycles. The Morgan fingerprint density at radius 1 is 1.04 bits per heavy atom. The lowest BCUT2D eigenvalue weighted by Crippen LogP contribution is -2.43. The highest BCUT2D eigenvalue weighted by Gasteiger charge is 2.16. The second-order valence-electron chi connectivity index (χ2n) is 6.15. The number of hydrogen-bond acceptors (Lipinski definition) is 3. The Balaban J connectivity index is 0.00000338. The van der Waals surface area contributed by atoms with Crippen molar-refractivity contribution in [2.24, 2.45) is 11.7 Å². The fraction of sp³-hybridized carbons (Fsp3) is 0.263. The van der Waals surface area contributed by atoms with Crippen molar-refractivity contribution in [2.75, 3.05) is 5.32 Å². The lowest BCUT2D eigenvalue weighted by molar-refractivity contribution is -0.123. The molecule has 0 radical (unpaired) electrons. The van der Waals surface area contributed by atoms with E-state index in [4.69, 9.17) is 5.73 Å². The van der Waals surface area contributed by atoms with Crippen molar-refractivity contribution in [3.63, 3.8) is 0 Å². The Morgan fingerprint density at radius 2 is 1.62 bits per heavy atom. The molecule has 4 N–H and O–H groups in total. The second kappa shape index (κ2) is 9.89. The number of rotatable bonds is 6. The number of amides is 2. The van der Waals surface area contributed by atoms with Crippen LogP contribution in [0.1, 0.15) is 29.8 Å². The molecular weight excluding hydrogens is 357 g/mol. The van der Waals surface area contributed by atoms with Gasteiger partial charge in [-0.3, -0.25) is 9.59 Å². The van der Waals surface area contributed by atoms with Gasteiger partial charge in [0.1, 0.15) is 5.82 Å². The molecule has 2 aromatic carbocycles. The monoisotopic (exact) mass is 379 g/mol. The third kappa shape index (κ3) is 6.13. The summed E-state index contributed by atoms with van der Waals surface area (Å²) in [6.45, 7) is 4.15. The van der Waals surface area contributed by atoms with Crippen LogP contribution in [-0.2, 0) is 11.3 Å². The first-order valence-electron chi connectivity index (χ1n) is 8.06. The predicted octanol–water partition coefficient (Wildman–Crippen LogP) is 3.10. The van der Waals surface area contributed by atoms with Gasteiger partial charge < -0.3 is 16.4 Å². The number of nitrogens with one attached hydrogen (secondary N) is 2. The van der Waals surface area contributed by atoms with E-state index in [1.54, 1.807) is 24.3 Å². The maximum atomic E-state index is 12.9. The van der Waals surface area contributed by atoms with Crippen LogP contribution in [0.3, 0.4) is 0 Å². The van der Waals surface area contributed by atoms with Crippen LogP contribution in [-0.4, -0.2) is 17.9 Å². The predicted molar refractivity (Wildman–Crippen MR) is 103 cm³/mol. The van der Waals surface area contributed by atoms with Crippen LogP contribution in [0, 0.1) is 11.7 Å². The molecule has 0 bridgehead atoms. The number of anilines is 1. The average Bonchev–Trinajstić information content (AvgIpc) is 2.60. The Bertz CT molecular complexity index is 733. The first-order chi connectivity index (χ1) is 11.9. The highest BCUT2D eigenvalue weighted by molar-refractivity contribution is 6.04. The zero-order valence-electron chi connectivity index (χ0n) is 14.7. The first kappa shape index (κ1) is 21.6. The molecule has 0 saturated heterocycles. The molecular formula is C19H23ClFN3O2. The van der Waals surface area contributed by atoms with Crippen LogP contribution in [0.15, 0.2) is 48.5 Å². The topological polar surface area (TPSA) is 84.2 Å². The van der Waals surface area contributed by atoms with E-state index in [0.29, 0.717) is 17.8 Å². The zero-order valence-corrected chi connectivity index (χ0v) is 15.5. The molecule has 0 heterocycles. The largest absolute Gasteiger partial charge is 0.351 e. The third-order valence-electron chi connectivity index (χ3n) is 3.81. The Morgan fingerprint density at radius 3 is 2.15 bits per heavy atom. The average molecular weight is 380 g/mol. The van der Waals surface area contributed by atoms with E-state index in [0.717, 1.165) is 5.56 Å². The maximum Gasteiger partial charge on any atom is 0.255 e. The van der Waals surface area contributed by atoms with Crippen LogP contribution in [0.5, 0.6) is 0 Å². The van der Waals surface area contributed by atoms with Crippen LogP contribution in [0.2, 0.25) is 0 Å². The van der Waals surface area contributed by atoms with Crippen molar-refractivity contribution in [3.8, 4) is 0 Å². The van der Waals surface area contributed by atoms with Gasteiger partial charge in [0.05, 0.1) is 6.04 Å². The van der Waals surface area contributed by atoms with E-state index < -0.39 is 6.04 Å². The molecule has 2 rings (SSSR count). The number of nitrogens with two attached hydrogens (primary N) is 1. The fourth-order valence-corrected chi connectivity index (χ4v) is 2.12. The summed E-state index contributed by atoms with van der Waals surface area (Å²) in [6, 6.07) is 11.9. The summed E-state index contributed by atoms with van der Waals surface area (Å²) < 4.78 is 12.9. The van der Waals surface area contributed by atoms with E-state index in [9.17, 15) is 14.0 Å². The van der Waals surface area contributed by atoms with E-state index in [1.807, 2.05) is 13.8 Å². The molecule has 26 heavy (non-hydrogen) atoms. The molecule has 0 aliphatic heterocycles. The summed E-state index contributed by atoms with van der Waals surface area (Å²) in [5.74, 6) is -0.822. The number of hydrogen-bond donors (Lipinski definition) is 3. The normalized spacial score (nSPS) is 11.4. The van der Waals surface area contributed by atoms with E-state index in [1.165, 1.54) is 24.3 Å². The van der Waals surface area contributed by atoms with Gasteiger partial charge in [-0.25, -0.2) is 4.39 Å². The lowest BCUT2D eigenvalue weighted by Gasteiger charge is -2.15. The SMILES string of the molecule is CC(C)[C@H](N)C(=O)NCc1ccc(NC(=O)c2ccc(F)cc2)cc1.Cl. The van der Waals surface area contributed by atoms with E-state index >= 15 is 0 Å². The second-order valence-corrected chi connectivity index (χ2v) is 6.15. The summed E-state index contributed by atoms with van der Waals surface area (Å²) in [4.78, 5) is 23.9. The Labute approximate surface area is 158 Å². The molecule has 0 saturated carbocycles. The minimum Gasteiger partial charge on any atom is -0.351 e. The standard InChI is InChI=1S/C19H22FN3O2.ClH/c1-12(2)17(21)19(25)22-11-13-3-9-16(10-4-13)23-18(24)14-5-7-15(20)8-6-14;/h3-10,12,17H,11,21H2,1-2H3,(H,22,25)(H,23,24);1H/t17-;/m0./s1. The maximum absolute atomic E-state index is 12.9. The molecule has 5 nitrogen and oxygen atoms in total. The van der Waals surface area contributed by atoms with Gasteiger partial charge in [-0.1, -0.05) is 26.0 Å². The Hall–Kier alpha value is -2.44. The quantitative estimate of drug-likeness (QED) is 0.721. The summed E-state index contributed by atoms with van der Waals surface area (Å²) in [5.41, 5.74) is 7.67. The van der Waals surface area contributed by atoms with Gasteiger partial charge in [0.2, 0.25) is 5.91 Å². The van der Waals surface area contributed by atoms with Crippen LogP contribution >= 0.6 is 12.4 Å². The third-order valence-corrected chi connectivity index (χ3v) is 3.81. The minimum absolute atomic E-state index is 0. The number of halogens is 2. The van der Waals surface area contributed by atoms with Crippen LogP contribution in [0.4, 0.5) is 10.1 Å². The van der Waals surface area contributed by atoms with Gasteiger partial charge in [-0.2, -0.15) is 0 Å². The van der Waals surface area contributed by atoms with Gasteiger partial charge in [0.25, 0.3) is 5.91 Å². The van der Waals surface area contributed by atoms with Crippen LogP contribution < -0.4 is 16.4 Å². The van der Waals surface area contributed by atoms with E-state index in [2.05, 4.69) is 10.6 Å². The van der Waals surface area contributed by atoms with Gasteiger partial charge in [-0.15, -0.1) is 12.4 Å². The van der Waals surface area contributed by atoms with Gasteiger partial charge >= 0.3 is 0 Å². The molecule has 2 amide bonds. The van der Waals surface area contributed by atoms with Gasteiger partial charge in [-0.05, 0) is 47.9 Å². The first-order valence-corrected chi connectivity index (χ1v) is 8.06. The molecule has 7 heteroatoms. The lowest BCUT2D eigenvalue weighted by atomic mass is 10.0. The summed E-state index contributed by atoms with van der Waals surface area (Å²) >= 11 is 0. The number of carbonyl (C=O) groups is 2. The molecule has 0 fully saturated rings. The smallest absolute Gasteiger partial charge is 0.255 e. The van der Waals surface area contributed by atoms with Gasteiger partial charge in [0, 0.05) is 17.8 Å². The van der Waals surface area contributed by atoms with E-state index in [-0.39, 0.29) is 36.0 Å². The van der Waals surface area contributed by atoms with Crippen molar-refractivity contribution in [1.29, 1.82) is 0 Å². The summed E-state index contributed by atoms with van der Waals surface area (Å²) in [5, 5.41) is 5.52. The highest BCUT2D eigenvalue weighted by Crippen LogP contribution is 2.12.